The smallest absolute Gasteiger partial charge is 0.326 e. The van der Waals surface area contributed by atoms with Crippen molar-refractivity contribution in [3.8, 4) is 0 Å². The van der Waals surface area contributed by atoms with E-state index in [0.29, 0.717) is 0 Å². The highest BCUT2D eigenvalue weighted by atomic mass is 16.4. The molecule has 0 spiro atoms. The fourth-order valence-electron chi connectivity index (χ4n) is 2.58. The van der Waals surface area contributed by atoms with Gasteiger partial charge in [0.2, 0.25) is 5.91 Å². The second-order valence-corrected chi connectivity index (χ2v) is 6.00. The standard InChI is InChI=1S/C13H23NO3/c1-8(2)10(12(16)17)14-11(15)9-6-5-7-13(9,3)4/h8-10H,5-7H2,1-4H3,(H,14,15)(H,16,17). The third kappa shape index (κ3) is 3.20. The number of rotatable bonds is 4. The van der Waals surface area contributed by atoms with E-state index in [1.165, 1.54) is 0 Å². The minimum atomic E-state index is -0.954. The van der Waals surface area contributed by atoms with Crippen molar-refractivity contribution in [3.63, 3.8) is 0 Å². The maximum atomic E-state index is 12.1. The van der Waals surface area contributed by atoms with Crippen molar-refractivity contribution in [3.05, 3.63) is 0 Å². The molecule has 0 heterocycles. The topological polar surface area (TPSA) is 66.4 Å². The maximum absolute atomic E-state index is 12.1. The van der Waals surface area contributed by atoms with Crippen molar-refractivity contribution >= 4 is 11.9 Å². The van der Waals surface area contributed by atoms with Crippen LogP contribution in [0.15, 0.2) is 0 Å². The van der Waals surface area contributed by atoms with E-state index in [9.17, 15) is 9.59 Å². The Morgan fingerprint density at radius 2 is 1.94 bits per heavy atom. The van der Waals surface area contributed by atoms with Crippen LogP contribution in [0.25, 0.3) is 0 Å². The van der Waals surface area contributed by atoms with Crippen LogP contribution in [0.5, 0.6) is 0 Å². The lowest BCUT2D eigenvalue weighted by Gasteiger charge is -2.28. The molecule has 17 heavy (non-hydrogen) atoms. The number of hydrogen-bond acceptors (Lipinski definition) is 2. The minimum absolute atomic E-state index is 0.00981. The quantitative estimate of drug-likeness (QED) is 0.791. The highest BCUT2D eigenvalue weighted by Crippen LogP contribution is 2.42. The number of carboxylic acid groups (broad SMARTS) is 1. The number of hydrogen-bond donors (Lipinski definition) is 2. The molecule has 2 N–H and O–H groups in total. The van der Waals surface area contributed by atoms with Gasteiger partial charge in [-0.2, -0.15) is 0 Å². The van der Waals surface area contributed by atoms with E-state index in [-0.39, 0.29) is 23.2 Å². The Kier molecular flexibility index (Phi) is 4.17. The van der Waals surface area contributed by atoms with Gasteiger partial charge in [-0.1, -0.05) is 34.1 Å². The van der Waals surface area contributed by atoms with Crippen LogP contribution in [-0.2, 0) is 9.59 Å². The van der Waals surface area contributed by atoms with Crippen LogP contribution in [0.4, 0.5) is 0 Å². The normalized spacial score (nSPS) is 24.6. The molecular formula is C13H23NO3. The van der Waals surface area contributed by atoms with E-state index in [0.717, 1.165) is 19.3 Å². The number of aliphatic carboxylic acids is 1. The number of carboxylic acids is 1. The van der Waals surface area contributed by atoms with Gasteiger partial charge in [0.15, 0.2) is 0 Å². The van der Waals surface area contributed by atoms with E-state index in [1.54, 1.807) is 13.8 Å². The van der Waals surface area contributed by atoms with Crippen molar-refractivity contribution in [2.45, 2.75) is 53.0 Å². The zero-order chi connectivity index (χ0) is 13.2. The molecule has 4 heteroatoms. The molecule has 0 bridgehead atoms. The largest absolute Gasteiger partial charge is 0.480 e. The molecule has 1 saturated carbocycles. The summed E-state index contributed by atoms with van der Waals surface area (Å²) in [5.41, 5.74) is -0.00981. The average Bonchev–Trinajstić information content (AvgIpc) is 2.53. The number of amides is 1. The van der Waals surface area contributed by atoms with Crippen molar-refractivity contribution in [1.29, 1.82) is 0 Å². The van der Waals surface area contributed by atoms with Gasteiger partial charge in [-0.05, 0) is 24.2 Å². The lowest BCUT2D eigenvalue weighted by atomic mass is 9.81. The van der Waals surface area contributed by atoms with Crippen LogP contribution in [0, 0.1) is 17.3 Å². The van der Waals surface area contributed by atoms with Gasteiger partial charge in [0.25, 0.3) is 0 Å². The molecule has 1 amide bonds. The molecule has 0 aromatic carbocycles. The Balaban J connectivity index is 2.68. The van der Waals surface area contributed by atoms with Crippen molar-refractivity contribution in [1.82, 2.24) is 5.32 Å². The summed E-state index contributed by atoms with van der Waals surface area (Å²) >= 11 is 0. The van der Waals surface area contributed by atoms with Gasteiger partial charge in [0.05, 0.1) is 0 Å². The molecule has 0 aromatic rings. The molecule has 0 aliphatic heterocycles. The van der Waals surface area contributed by atoms with Crippen LogP contribution in [0.3, 0.4) is 0 Å². The van der Waals surface area contributed by atoms with Crippen molar-refractivity contribution in [2.75, 3.05) is 0 Å². The Morgan fingerprint density at radius 3 is 2.29 bits per heavy atom. The van der Waals surface area contributed by atoms with Crippen LogP contribution >= 0.6 is 0 Å². The third-order valence-electron chi connectivity index (χ3n) is 3.80. The average molecular weight is 241 g/mol. The van der Waals surface area contributed by atoms with Gasteiger partial charge >= 0.3 is 5.97 Å². The van der Waals surface area contributed by atoms with E-state index < -0.39 is 12.0 Å². The Bertz CT molecular complexity index is 310. The first-order chi connectivity index (χ1) is 7.75. The predicted octanol–water partition coefficient (Wildman–Crippen LogP) is 2.04. The first-order valence-corrected chi connectivity index (χ1v) is 6.29. The number of nitrogens with one attached hydrogen (secondary N) is 1. The first kappa shape index (κ1) is 14.0. The monoisotopic (exact) mass is 241 g/mol. The van der Waals surface area contributed by atoms with Crippen LogP contribution in [-0.4, -0.2) is 23.0 Å². The highest BCUT2D eigenvalue weighted by Gasteiger charge is 2.40. The van der Waals surface area contributed by atoms with Crippen LogP contribution < -0.4 is 5.32 Å². The molecule has 4 nitrogen and oxygen atoms in total. The van der Waals surface area contributed by atoms with Crippen LogP contribution in [0.2, 0.25) is 0 Å². The molecule has 2 atom stereocenters. The zero-order valence-electron chi connectivity index (χ0n) is 11.1. The molecule has 0 saturated heterocycles. The third-order valence-corrected chi connectivity index (χ3v) is 3.80. The molecule has 2 unspecified atom stereocenters. The summed E-state index contributed by atoms with van der Waals surface area (Å²) < 4.78 is 0. The Hall–Kier alpha value is -1.06. The summed E-state index contributed by atoms with van der Waals surface area (Å²) in [6.07, 6.45) is 2.94. The Labute approximate surface area is 103 Å². The highest BCUT2D eigenvalue weighted by molar-refractivity contribution is 5.85. The maximum Gasteiger partial charge on any atom is 0.326 e. The molecule has 1 aliphatic carbocycles. The van der Waals surface area contributed by atoms with Crippen LogP contribution in [0.1, 0.15) is 47.0 Å². The number of carbonyl (C=O) groups excluding carboxylic acids is 1. The number of carbonyl (C=O) groups is 2. The van der Waals surface area contributed by atoms with E-state index in [2.05, 4.69) is 19.2 Å². The molecule has 98 valence electrons. The summed E-state index contributed by atoms with van der Waals surface area (Å²) in [5, 5.41) is 11.7. The van der Waals surface area contributed by atoms with Gasteiger partial charge in [0.1, 0.15) is 6.04 Å². The van der Waals surface area contributed by atoms with Gasteiger partial charge < -0.3 is 10.4 Å². The van der Waals surface area contributed by atoms with Gasteiger partial charge in [0, 0.05) is 5.92 Å². The van der Waals surface area contributed by atoms with Gasteiger partial charge in [-0.3, -0.25) is 4.79 Å². The summed E-state index contributed by atoms with van der Waals surface area (Å²) in [4.78, 5) is 23.1. The molecule has 1 fully saturated rings. The lowest BCUT2D eigenvalue weighted by molar-refractivity contribution is -0.144. The fraction of sp³-hybridized carbons (Fsp3) is 0.846. The van der Waals surface area contributed by atoms with E-state index in [4.69, 9.17) is 5.11 Å². The Morgan fingerprint density at radius 1 is 1.35 bits per heavy atom. The van der Waals surface area contributed by atoms with Gasteiger partial charge in [-0.15, -0.1) is 0 Å². The van der Waals surface area contributed by atoms with Gasteiger partial charge in [-0.25, -0.2) is 4.79 Å². The summed E-state index contributed by atoms with van der Waals surface area (Å²) in [6, 6.07) is -0.779. The summed E-state index contributed by atoms with van der Waals surface area (Å²) in [7, 11) is 0. The van der Waals surface area contributed by atoms with E-state index >= 15 is 0 Å². The summed E-state index contributed by atoms with van der Waals surface area (Å²) in [5.74, 6) is -1.21. The molecule has 1 rings (SSSR count). The fourth-order valence-corrected chi connectivity index (χ4v) is 2.58. The molecular weight excluding hydrogens is 218 g/mol. The lowest BCUT2D eigenvalue weighted by Crippen LogP contribution is -2.48. The SMILES string of the molecule is CC(C)C(NC(=O)C1CCCC1(C)C)C(=O)O. The first-order valence-electron chi connectivity index (χ1n) is 6.29. The second kappa shape index (κ2) is 5.07. The predicted molar refractivity (Wildman–Crippen MR) is 65.5 cm³/mol. The summed E-state index contributed by atoms with van der Waals surface area (Å²) in [6.45, 7) is 7.77. The van der Waals surface area contributed by atoms with Crippen molar-refractivity contribution < 1.29 is 14.7 Å². The van der Waals surface area contributed by atoms with E-state index in [1.807, 2.05) is 0 Å². The zero-order valence-corrected chi connectivity index (χ0v) is 11.1. The molecule has 0 radical (unpaired) electrons. The molecule has 0 aromatic heterocycles. The molecule has 1 aliphatic rings. The second-order valence-electron chi connectivity index (χ2n) is 6.00. The van der Waals surface area contributed by atoms with Crippen molar-refractivity contribution in [2.24, 2.45) is 17.3 Å². The minimum Gasteiger partial charge on any atom is -0.480 e.